The Morgan fingerprint density at radius 2 is 1.58 bits per heavy atom. The molecular weight excluding hydrogens is 408 g/mol. The van der Waals surface area contributed by atoms with E-state index in [0.29, 0.717) is 17.8 Å². The molecular formula is C23H22F4N4. The average Bonchev–Trinajstić information content (AvgIpc) is 2.76. The molecule has 0 radical (unpaired) electrons. The summed E-state index contributed by atoms with van der Waals surface area (Å²) in [7, 11) is 0. The molecule has 1 heterocycles. The first-order valence-corrected chi connectivity index (χ1v) is 10.2. The smallest absolute Gasteiger partial charge is 0.337 e. The standard InChI is InChI=1S/C23H22F4N4/c24-19-8-4-5-9-20(19)30-21-18(23(25,26)27)14-28-22(31-21)29-17-12-10-16(11-13-17)15-6-2-1-3-7-15/h4-5,8-15H,1-3,6-7H2,(H2,28,29,30,31). The molecule has 0 unspecified atom stereocenters. The molecule has 0 aliphatic heterocycles. The van der Waals surface area contributed by atoms with Crippen molar-refractivity contribution in [3.05, 3.63) is 71.7 Å². The van der Waals surface area contributed by atoms with Crippen LogP contribution in [0.2, 0.25) is 0 Å². The normalized spacial score (nSPS) is 15.0. The summed E-state index contributed by atoms with van der Waals surface area (Å²) in [5.74, 6) is -0.657. The number of rotatable bonds is 5. The second-order valence-corrected chi connectivity index (χ2v) is 7.64. The van der Waals surface area contributed by atoms with Crippen LogP contribution in [0.1, 0.15) is 49.1 Å². The van der Waals surface area contributed by atoms with Crippen LogP contribution in [0.25, 0.3) is 0 Å². The molecule has 162 valence electrons. The zero-order valence-electron chi connectivity index (χ0n) is 16.7. The molecule has 4 nitrogen and oxygen atoms in total. The highest BCUT2D eigenvalue weighted by Crippen LogP contribution is 2.36. The molecule has 2 aromatic carbocycles. The number of hydrogen-bond acceptors (Lipinski definition) is 4. The van der Waals surface area contributed by atoms with Gasteiger partial charge in [0.05, 0.1) is 5.69 Å². The number of halogens is 4. The molecule has 0 bridgehead atoms. The van der Waals surface area contributed by atoms with E-state index in [1.807, 2.05) is 24.3 Å². The number of alkyl halides is 3. The monoisotopic (exact) mass is 430 g/mol. The van der Waals surface area contributed by atoms with Gasteiger partial charge in [0.25, 0.3) is 0 Å². The van der Waals surface area contributed by atoms with Gasteiger partial charge in [-0.05, 0) is 48.6 Å². The Hall–Kier alpha value is -3.16. The number of para-hydroxylation sites is 1. The molecule has 0 saturated heterocycles. The van der Waals surface area contributed by atoms with E-state index >= 15 is 0 Å². The van der Waals surface area contributed by atoms with Crippen molar-refractivity contribution < 1.29 is 17.6 Å². The maximum atomic E-state index is 13.9. The van der Waals surface area contributed by atoms with Crippen molar-refractivity contribution in [3.8, 4) is 0 Å². The fourth-order valence-electron chi connectivity index (χ4n) is 3.84. The summed E-state index contributed by atoms with van der Waals surface area (Å²) in [6.45, 7) is 0. The Labute approximate surface area is 177 Å². The molecule has 8 heteroatoms. The third-order valence-electron chi connectivity index (χ3n) is 5.46. The van der Waals surface area contributed by atoms with Crippen LogP contribution in [0.15, 0.2) is 54.7 Å². The lowest BCUT2D eigenvalue weighted by atomic mass is 9.84. The van der Waals surface area contributed by atoms with Gasteiger partial charge in [0.2, 0.25) is 5.95 Å². The van der Waals surface area contributed by atoms with E-state index in [4.69, 9.17) is 0 Å². The zero-order valence-corrected chi connectivity index (χ0v) is 16.7. The molecule has 31 heavy (non-hydrogen) atoms. The number of aromatic nitrogens is 2. The minimum absolute atomic E-state index is 0.0164. The van der Waals surface area contributed by atoms with Crippen LogP contribution in [0.3, 0.4) is 0 Å². The number of benzene rings is 2. The molecule has 0 amide bonds. The van der Waals surface area contributed by atoms with E-state index in [1.165, 1.54) is 55.9 Å². The molecule has 1 aliphatic carbocycles. The molecule has 2 N–H and O–H groups in total. The minimum Gasteiger partial charge on any atom is -0.337 e. The largest absolute Gasteiger partial charge is 0.421 e. The quantitative estimate of drug-likeness (QED) is 0.421. The maximum Gasteiger partial charge on any atom is 0.421 e. The second kappa shape index (κ2) is 8.91. The van der Waals surface area contributed by atoms with Crippen LogP contribution in [0.4, 0.5) is 40.7 Å². The summed E-state index contributed by atoms with van der Waals surface area (Å²) in [6, 6.07) is 13.3. The zero-order chi connectivity index (χ0) is 21.8. The number of nitrogens with one attached hydrogen (secondary N) is 2. The highest BCUT2D eigenvalue weighted by molar-refractivity contribution is 5.63. The van der Waals surface area contributed by atoms with Crippen LogP contribution >= 0.6 is 0 Å². The Morgan fingerprint density at radius 3 is 2.26 bits per heavy atom. The lowest BCUT2D eigenvalue weighted by molar-refractivity contribution is -0.137. The Bertz CT molecular complexity index is 1030. The Balaban J connectivity index is 1.56. The van der Waals surface area contributed by atoms with Crippen molar-refractivity contribution in [3.63, 3.8) is 0 Å². The molecule has 1 aliphatic rings. The van der Waals surface area contributed by atoms with Gasteiger partial charge >= 0.3 is 6.18 Å². The third-order valence-corrected chi connectivity index (χ3v) is 5.46. The molecule has 1 aromatic heterocycles. The van der Waals surface area contributed by atoms with E-state index in [9.17, 15) is 17.6 Å². The van der Waals surface area contributed by atoms with Gasteiger partial charge in [0.1, 0.15) is 17.2 Å². The van der Waals surface area contributed by atoms with E-state index in [0.717, 1.165) is 6.07 Å². The summed E-state index contributed by atoms with van der Waals surface area (Å²) in [5, 5.41) is 5.37. The summed E-state index contributed by atoms with van der Waals surface area (Å²) in [6.07, 6.45) is 2.12. The van der Waals surface area contributed by atoms with Gasteiger partial charge in [0.15, 0.2) is 0 Å². The van der Waals surface area contributed by atoms with Crippen LogP contribution in [-0.4, -0.2) is 9.97 Å². The van der Waals surface area contributed by atoms with Gasteiger partial charge in [-0.25, -0.2) is 9.37 Å². The van der Waals surface area contributed by atoms with Crippen LogP contribution in [0.5, 0.6) is 0 Å². The van der Waals surface area contributed by atoms with Gasteiger partial charge in [-0.3, -0.25) is 0 Å². The third kappa shape index (κ3) is 5.13. The first-order valence-electron chi connectivity index (χ1n) is 10.2. The average molecular weight is 430 g/mol. The van der Waals surface area contributed by atoms with Gasteiger partial charge in [0, 0.05) is 11.9 Å². The van der Waals surface area contributed by atoms with Crippen molar-refractivity contribution >= 4 is 23.1 Å². The minimum atomic E-state index is -4.69. The van der Waals surface area contributed by atoms with Crippen LogP contribution < -0.4 is 10.6 Å². The molecule has 1 saturated carbocycles. The van der Waals surface area contributed by atoms with E-state index in [-0.39, 0.29) is 11.6 Å². The van der Waals surface area contributed by atoms with Gasteiger partial charge in [-0.1, -0.05) is 43.5 Å². The molecule has 0 spiro atoms. The fraction of sp³-hybridized carbons (Fsp3) is 0.304. The maximum absolute atomic E-state index is 13.9. The highest BCUT2D eigenvalue weighted by atomic mass is 19.4. The summed E-state index contributed by atoms with van der Waals surface area (Å²) >= 11 is 0. The predicted octanol–water partition coefficient (Wildman–Crippen LogP) is 7.17. The lowest BCUT2D eigenvalue weighted by Crippen LogP contribution is -2.13. The van der Waals surface area contributed by atoms with Gasteiger partial charge < -0.3 is 10.6 Å². The molecule has 4 rings (SSSR count). The fourth-order valence-corrected chi connectivity index (χ4v) is 3.84. The van der Waals surface area contributed by atoms with E-state index in [2.05, 4.69) is 20.6 Å². The number of anilines is 4. The van der Waals surface area contributed by atoms with Gasteiger partial charge in [-0.15, -0.1) is 0 Å². The summed E-state index contributed by atoms with van der Waals surface area (Å²) in [4.78, 5) is 7.76. The first-order chi connectivity index (χ1) is 14.9. The topological polar surface area (TPSA) is 49.8 Å². The van der Waals surface area contributed by atoms with Crippen molar-refractivity contribution in [2.75, 3.05) is 10.6 Å². The molecule has 3 aromatic rings. The van der Waals surface area contributed by atoms with E-state index in [1.54, 1.807) is 0 Å². The van der Waals surface area contributed by atoms with Crippen molar-refractivity contribution in [1.29, 1.82) is 0 Å². The SMILES string of the molecule is Fc1ccccc1Nc1nc(Nc2ccc(C3CCCCC3)cc2)ncc1C(F)(F)F. The van der Waals surface area contributed by atoms with Crippen LogP contribution in [0, 0.1) is 5.82 Å². The van der Waals surface area contributed by atoms with Crippen molar-refractivity contribution in [2.24, 2.45) is 0 Å². The first kappa shape index (κ1) is 21.1. The highest BCUT2D eigenvalue weighted by Gasteiger charge is 2.35. The number of nitrogens with zero attached hydrogens (tertiary/aromatic N) is 2. The summed E-state index contributed by atoms with van der Waals surface area (Å²) in [5.41, 5.74) is 0.750. The van der Waals surface area contributed by atoms with Gasteiger partial charge in [-0.2, -0.15) is 18.2 Å². The Kier molecular flexibility index (Phi) is 6.06. The second-order valence-electron chi connectivity index (χ2n) is 7.64. The predicted molar refractivity (Wildman–Crippen MR) is 112 cm³/mol. The molecule has 0 atom stereocenters. The summed E-state index contributed by atoms with van der Waals surface area (Å²) < 4.78 is 54.1. The lowest BCUT2D eigenvalue weighted by Gasteiger charge is -2.22. The Morgan fingerprint density at radius 1 is 0.871 bits per heavy atom. The number of hydrogen-bond donors (Lipinski definition) is 2. The van der Waals surface area contributed by atoms with E-state index < -0.39 is 23.4 Å². The molecule has 1 fully saturated rings. The van der Waals surface area contributed by atoms with Crippen LogP contribution in [-0.2, 0) is 6.18 Å². The van der Waals surface area contributed by atoms with Crippen molar-refractivity contribution in [2.45, 2.75) is 44.2 Å². The van der Waals surface area contributed by atoms with Crippen molar-refractivity contribution in [1.82, 2.24) is 9.97 Å².